The molecule has 0 aliphatic carbocycles. The molecule has 1 saturated heterocycles. The lowest BCUT2D eigenvalue weighted by atomic mass is 10.0. The third-order valence-corrected chi connectivity index (χ3v) is 7.02. The van der Waals surface area contributed by atoms with E-state index in [-0.39, 0.29) is 16.0 Å². The number of nitrogens with zero attached hydrogens (tertiary/aromatic N) is 1. The summed E-state index contributed by atoms with van der Waals surface area (Å²) in [5.41, 5.74) is 0.815. The van der Waals surface area contributed by atoms with E-state index in [1.165, 1.54) is 16.4 Å². The van der Waals surface area contributed by atoms with Crippen LogP contribution < -0.4 is 9.47 Å². The van der Waals surface area contributed by atoms with E-state index in [1.54, 1.807) is 0 Å². The molecular weight excluding hydrogens is 393 g/mol. The number of rotatable bonds is 3. The Bertz CT molecular complexity index is 966. The largest absolute Gasteiger partial charge is 0.490 e. The van der Waals surface area contributed by atoms with Gasteiger partial charge in [0, 0.05) is 18.0 Å². The van der Waals surface area contributed by atoms with E-state index in [1.807, 2.05) is 18.2 Å². The fourth-order valence-corrected chi connectivity index (χ4v) is 5.45. The molecule has 0 N–H and O–H groups in total. The summed E-state index contributed by atoms with van der Waals surface area (Å²) >= 11 is 5.76. The molecule has 1 fully saturated rings. The van der Waals surface area contributed by atoms with Gasteiger partial charge in [-0.1, -0.05) is 17.7 Å². The Morgan fingerprint density at radius 3 is 2.59 bits per heavy atom. The molecule has 0 saturated carbocycles. The Hall–Kier alpha value is -1.83. The molecule has 4 rings (SSSR count). The first-order valence-corrected chi connectivity index (χ1v) is 10.6. The summed E-state index contributed by atoms with van der Waals surface area (Å²) in [4.78, 5) is -0.354. The van der Waals surface area contributed by atoms with Crippen LogP contribution >= 0.6 is 11.6 Å². The van der Waals surface area contributed by atoms with Crippen LogP contribution in [0.4, 0.5) is 4.39 Å². The third-order valence-electron chi connectivity index (χ3n) is 4.84. The molecule has 2 aliphatic rings. The van der Waals surface area contributed by atoms with Gasteiger partial charge in [0.05, 0.1) is 19.3 Å². The van der Waals surface area contributed by atoms with Crippen molar-refractivity contribution in [1.29, 1.82) is 0 Å². The molecule has 8 heteroatoms. The Labute approximate surface area is 162 Å². The van der Waals surface area contributed by atoms with Crippen LogP contribution in [0.5, 0.6) is 11.5 Å². The van der Waals surface area contributed by atoms with Crippen molar-refractivity contribution < 1.29 is 22.3 Å². The molecule has 2 aromatic rings. The van der Waals surface area contributed by atoms with Crippen LogP contribution in [-0.4, -0.2) is 32.5 Å². The van der Waals surface area contributed by atoms with Gasteiger partial charge in [0.15, 0.2) is 11.5 Å². The average Bonchev–Trinajstić information content (AvgIpc) is 3.01. The number of ether oxygens (including phenoxy) is 2. The molecule has 144 valence electrons. The number of hydrogen-bond donors (Lipinski definition) is 0. The average molecular weight is 412 g/mol. The van der Waals surface area contributed by atoms with Gasteiger partial charge in [-0.25, -0.2) is 12.8 Å². The molecule has 5 nitrogen and oxygen atoms in total. The van der Waals surface area contributed by atoms with Gasteiger partial charge >= 0.3 is 0 Å². The molecule has 0 aromatic heterocycles. The van der Waals surface area contributed by atoms with Crippen LogP contribution in [0.2, 0.25) is 5.02 Å². The van der Waals surface area contributed by atoms with Gasteiger partial charge in [-0.2, -0.15) is 4.31 Å². The lowest BCUT2D eigenvalue weighted by Crippen LogP contribution is -2.31. The topological polar surface area (TPSA) is 55.8 Å². The summed E-state index contributed by atoms with van der Waals surface area (Å²) in [5, 5.41) is 0.160. The Balaban J connectivity index is 1.69. The number of benzene rings is 2. The first kappa shape index (κ1) is 18.5. The first-order chi connectivity index (χ1) is 13.0. The second-order valence-corrected chi connectivity index (χ2v) is 8.90. The van der Waals surface area contributed by atoms with Gasteiger partial charge in [0.25, 0.3) is 0 Å². The lowest BCUT2D eigenvalue weighted by molar-refractivity contribution is 0.296. The zero-order chi connectivity index (χ0) is 19.0. The van der Waals surface area contributed by atoms with Gasteiger partial charge in [0.2, 0.25) is 10.0 Å². The zero-order valence-electron chi connectivity index (χ0n) is 14.5. The minimum absolute atomic E-state index is 0.160. The summed E-state index contributed by atoms with van der Waals surface area (Å²) in [5.74, 6) is 0.436. The van der Waals surface area contributed by atoms with Gasteiger partial charge in [-0.3, -0.25) is 0 Å². The van der Waals surface area contributed by atoms with E-state index in [0.717, 1.165) is 18.1 Å². The highest BCUT2D eigenvalue weighted by atomic mass is 35.5. The quantitative estimate of drug-likeness (QED) is 0.760. The lowest BCUT2D eigenvalue weighted by Gasteiger charge is -2.25. The molecule has 0 radical (unpaired) electrons. The highest BCUT2D eigenvalue weighted by Crippen LogP contribution is 2.40. The molecule has 0 spiro atoms. The van der Waals surface area contributed by atoms with E-state index >= 15 is 0 Å². The highest BCUT2D eigenvalue weighted by molar-refractivity contribution is 7.89. The highest BCUT2D eigenvalue weighted by Gasteiger charge is 2.38. The summed E-state index contributed by atoms with van der Waals surface area (Å²) < 4.78 is 53.2. The Morgan fingerprint density at radius 1 is 1.04 bits per heavy atom. The van der Waals surface area contributed by atoms with E-state index in [4.69, 9.17) is 21.1 Å². The van der Waals surface area contributed by atoms with Gasteiger partial charge in [-0.15, -0.1) is 0 Å². The molecule has 2 aromatic carbocycles. The van der Waals surface area contributed by atoms with Crippen molar-refractivity contribution in [3.63, 3.8) is 0 Å². The number of sulfonamides is 1. The van der Waals surface area contributed by atoms with Crippen LogP contribution in [0, 0.1) is 5.82 Å². The Morgan fingerprint density at radius 2 is 1.81 bits per heavy atom. The normalized spacial score (nSPS) is 20.4. The van der Waals surface area contributed by atoms with Gasteiger partial charge in [0.1, 0.15) is 10.7 Å². The molecule has 0 amide bonds. The Kier molecular flexibility index (Phi) is 5.01. The number of fused-ring (bicyclic) bond motifs is 1. The molecule has 0 unspecified atom stereocenters. The number of hydrogen-bond acceptors (Lipinski definition) is 4. The van der Waals surface area contributed by atoms with E-state index in [0.29, 0.717) is 44.1 Å². The maximum atomic E-state index is 14.3. The van der Waals surface area contributed by atoms with Gasteiger partial charge in [-0.05, 0) is 48.7 Å². The second-order valence-electron chi connectivity index (χ2n) is 6.61. The smallest absolute Gasteiger partial charge is 0.246 e. The monoisotopic (exact) mass is 411 g/mol. The maximum Gasteiger partial charge on any atom is 0.246 e. The standard InChI is InChI=1S/C19H19ClFNO4S/c20-14-5-7-19(15(21)12-14)27(23,24)22-8-1-3-16(22)13-4-6-17-18(11-13)26-10-2-9-25-17/h4-7,11-12,16H,1-3,8-10H2/t16-/m1/s1. The van der Waals surface area contributed by atoms with Crippen molar-refractivity contribution in [1.82, 2.24) is 4.31 Å². The molecule has 2 heterocycles. The van der Waals surface area contributed by atoms with Gasteiger partial charge < -0.3 is 9.47 Å². The predicted molar refractivity (Wildman–Crippen MR) is 99.3 cm³/mol. The van der Waals surface area contributed by atoms with Crippen molar-refractivity contribution in [3.8, 4) is 11.5 Å². The maximum absolute atomic E-state index is 14.3. The van der Waals surface area contributed by atoms with Crippen LogP contribution in [0.3, 0.4) is 0 Å². The SMILES string of the molecule is O=S(=O)(c1ccc(Cl)cc1F)N1CCC[C@@H]1c1ccc2c(c1)OCCCO2. The first-order valence-electron chi connectivity index (χ1n) is 8.83. The van der Waals surface area contributed by atoms with Crippen molar-refractivity contribution in [2.24, 2.45) is 0 Å². The van der Waals surface area contributed by atoms with Crippen LogP contribution in [0.15, 0.2) is 41.3 Å². The summed E-state index contributed by atoms with van der Waals surface area (Å²) in [6, 6.07) is 8.74. The molecule has 2 aliphatic heterocycles. The zero-order valence-corrected chi connectivity index (χ0v) is 16.1. The molecule has 1 atom stereocenters. The van der Waals surface area contributed by atoms with E-state index in [2.05, 4.69) is 0 Å². The predicted octanol–water partition coefficient (Wildman–Crippen LogP) is 4.17. The summed E-state index contributed by atoms with van der Waals surface area (Å²) in [7, 11) is -3.98. The second kappa shape index (κ2) is 7.30. The molecule has 0 bridgehead atoms. The van der Waals surface area contributed by atoms with E-state index in [9.17, 15) is 12.8 Å². The van der Waals surface area contributed by atoms with Crippen molar-refractivity contribution in [2.75, 3.05) is 19.8 Å². The molecule has 27 heavy (non-hydrogen) atoms. The third kappa shape index (κ3) is 3.51. The molecular formula is C19H19ClFNO4S. The van der Waals surface area contributed by atoms with E-state index < -0.39 is 15.8 Å². The van der Waals surface area contributed by atoms with Crippen molar-refractivity contribution in [2.45, 2.75) is 30.2 Å². The van der Waals surface area contributed by atoms with Crippen molar-refractivity contribution in [3.05, 3.63) is 52.8 Å². The fourth-order valence-electron chi connectivity index (χ4n) is 3.56. The minimum atomic E-state index is -3.98. The minimum Gasteiger partial charge on any atom is -0.490 e. The van der Waals surface area contributed by atoms with Crippen molar-refractivity contribution >= 4 is 21.6 Å². The van der Waals surface area contributed by atoms with Crippen LogP contribution in [-0.2, 0) is 10.0 Å². The summed E-state index contributed by atoms with van der Waals surface area (Å²) in [6.45, 7) is 1.48. The summed E-state index contributed by atoms with van der Waals surface area (Å²) in [6.07, 6.45) is 2.16. The van der Waals surface area contributed by atoms with Crippen LogP contribution in [0.1, 0.15) is 30.9 Å². The van der Waals surface area contributed by atoms with Crippen LogP contribution in [0.25, 0.3) is 0 Å². The number of halogens is 2. The fraction of sp³-hybridized carbons (Fsp3) is 0.368.